The van der Waals surface area contributed by atoms with Gasteiger partial charge in [-0.15, -0.1) is 0 Å². The van der Waals surface area contributed by atoms with Gasteiger partial charge in [0.25, 0.3) is 0 Å². The van der Waals surface area contributed by atoms with Crippen molar-refractivity contribution in [3.63, 3.8) is 0 Å². The molecule has 6 nitrogen and oxygen atoms in total. The molecule has 344 valence electrons. The largest absolute Gasteiger partial charge is 0.462 e. The Balaban J connectivity index is 4.41. The first-order valence-electron chi connectivity index (χ1n) is 25.0. The molecule has 1 unspecified atom stereocenters. The molecule has 0 fully saturated rings. The van der Waals surface area contributed by atoms with Gasteiger partial charge < -0.3 is 14.2 Å². The van der Waals surface area contributed by atoms with Gasteiger partial charge in [0, 0.05) is 19.3 Å². The van der Waals surface area contributed by atoms with E-state index in [1.54, 1.807) is 0 Å². The summed E-state index contributed by atoms with van der Waals surface area (Å²) in [4.78, 5) is 37.9. The second-order valence-corrected chi connectivity index (χ2v) is 16.4. The Bertz CT molecular complexity index is 1140. The van der Waals surface area contributed by atoms with Gasteiger partial charge >= 0.3 is 17.9 Å². The summed E-state index contributed by atoms with van der Waals surface area (Å²) in [6.45, 7) is 6.42. The van der Waals surface area contributed by atoms with Crippen LogP contribution in [-0.4, -0.2) is 37.2 Å². The molecule has 60 heavy (non-hydrogen) atoms. The van der Waals surface area contributed by atoms with Gasteiger partial charge in [-0.25, -0.2) is 0 Å². The Morgan fingerprint density at radius 1 is 0.367 bits per heavy atom. The standard InChI is InChI=1S/C54H92O6/c1-4-7-10-13-16-19-22-25-26-27-28-30-32-35-38-41-44-47-53(56)59-50-51(49-58-52(55)46-43-40-37-34-31-24-21-18-15-12-9-6-3)60-54(57)48-45-42-39-36-33-29-23-20-17-14-11-8-5-2/h8,11,14,16-21,23,25-26,51H,4-7,9-10,12-13,15,22,24,27-50H2,1-3H3/b11-8-,17-14-,19-16-,21-18-,23-20-,26-25-. The van der Waals surface area contributed by atoms with Crippen LogP contribution in [0.3, 0.4) is 0 Å². The van der Waals surface area contributed by atoms with Gasteiger partial charge in [0.2, 0.25) is 0 Å². The Morgan fingerprint density at radius 3 is 1.15 bits per heavy atom. The van der Waals surface area contributed by atoms with Crippen LogP contribution >= 0.6 is 0 Å². The van der Waals surface area contributed by atoms with Crippen LogP contribution in [0.1, 0.15) is 233 Å². The number of carbonyl (C=O) groups is 3. The molecule has 0 bridgehead atoms. The maximum absolute atomic E-state index is 12.8. The van der Waals surface area contributed by atoms with Gasteiger partial charge in [-0.2, -0.15) is 0 Å². The van der Waals surface area contributed by atoms with Crippen molar-refractivity contribution < 1.29 is 28.6 Å². The Labute approximate surface area is 370 Å². The minimum absolute atomic E-state index is 0.0911. The fourth-order valence-corrected chi connectivity index (χ4v) is 6.70. The van der Waals surface area contributed by atoms with E-state index in [9.17, 15) is 14.4 Å². The van der Waals surface area contributed by atoms with Crippen molar-refractivity contribution in [2.24, 2.45) is 0 Å². The molecule has 0 N–H and O–H groups in total. The maximum atomic E-state index is 12.8. The molecule has 0 aromatic heterocycles. The second-order valence-electron chi connectivity index (χ2n) is 16.4. The average Bonchev–Trinajstić information content (AvgIpc) is 3.24. The molecular formula is C54H92O6. The van der Waals surface area contributed by atoms with Crippen LogP contribution in [0.5, 0.6) is 0 Å². The summed E-state index contributed by atoms with van der Waals surface area (Å²) in [5, 5.41) is 0. The van der Waals surface area contributed by atoms with Crippen LogP contribution in [0.2, 0.25) is 0 Å². The zero-order valence-electron chi connectivity index (χ0n) is 39.2. The van der Waals surface area contributed by atoms with Crippen LogP contribution in [0.15, 0.2) is 72.9 Å². The predicted octanol–water partition coefficient (Wildman–Crippen LogP) is 16.3. The number of rotatable bonds is 44. The third kappa shape index (κ3) is 45.9. The van der Waals surface area contributed by atoms with E-state index >= 15 is 0 Å². The Kier molecular flexibility index (Phi) is 46.0. The quantitative estimate of drug-likeness (QED) is 0.0200. The molecule has 0 aliphatic carbocycles. The molecule has 0 aromatic rings. The molecule has 0 spiro atoms. The first-order chi connectivity index (χ1) is 29.5. The zero-order chi connectivity index (χ0) is 43.7. The van der Waals surface area contributed by atoms with Crippen LogP contribution in [-0.2, 0) is 28.6 Å². The minimum Gasteiger partial charge on any atom is -0.462 e. The van der Waals surface area contributed by atoms with Crippen LogP contribution < -0.4 is 0 Å². The van der Waals surface area contributed by atoms with Crippen molar-refractivity contribution >= 4 is 17.9 Å². The number of carbonyl (C=O) groups excluding carboxylic acids is 3. The molecule has 1 atom stereocenters. The predicted molar refractivity (Wildman–Crippen MR) is 256 cm³/mol. The van der Waals surface area contributed by atoms with Gasteiger partial charge in [-0.05, 0) is 96.3 Å². The van der Waals surface area contributed by atoms with Crippen LogP contribution in [0, 0.1) is 0 Å². The number of ether oxygens (including phenoxy) is 3. The van der Waals surface area contributed by atoms with Gasteiger partial charge in [0.15, 0.2) is 6.10 Å². The summed E-state index contributed by atoms with van der Waals surface area (Å²) in [5.41, 5.74) is 0. The van der Waals surface area contributed by atoms with E-state index in [1.165, 1.54) is 89.9 Å². The van der Waals surface area contributed by atoms with Gasteiger partial charge in [-0.1, -0.05) is 190 Å². The van der Waals surface area contributed by atoms with Crippen molar-refractivity contribution in [2.75, 3.05) is 13.2 Å². The summed E-state index contributed by atoms with van der Waals surface area (Å²) in [6.07, 6.45) is 60.2. The molecule has 0 aliphatic heterocycles. The van der Waals surface area contributed by atoms with Crippen molar-refractivity contribution in [1.82, 2.24) is 0 Å². The molecule has 0 saturated carbocycles. The zero-order valence-corrected chi connectivity index (χ0v) is 39.2. The van der Waals surface area contributed by atoms with Gasteiger partial charge in [0.05, 0.1) is 0 Å². The molecule has 0 radical (unpaired) electrons. The van der Waals surface area contributed by atoms with Gasteiger partial charge in [-0.3, -0.25) is 14.4 Å². The summed E-state index contributed by atoms with van der Waals surface area (Å²) in [5.74, 6) is -0.929. The number of hydrogen-bond donors (Lipinski definition) is 0. The van der Waals surface area contributed by atoms with Crippen LogP contribution in [0.25, 0.3) is 0 Å². The highest BCUT2D eigenvalue weighted by molar-refractivity contribution is 5.71. The summed E-state index contributed by atoms with van der Waals surface area (Å²) < 4.78 is 16.7. The summed E-state index contributed by atoms with van der Waals surface area (Å²) >= 11 is 0. The second kappa shape index (κ2) is 48.5. The SMILES string of the molecule is CC\C=C/C=C\C=C/CCCCCCCC(=O)OC(COC(=O)CCCCCCC/C=C\CCCCC)COC(=O)CCCCCCCCC/C=C\C/C=C\CCCCC. The first kappa shape index (κ1) is 56.9. The smallest absolute Gasteiger partial charge is 0.306 e. The lowest BCUT2D eigenvalue weighted by molar-refractivity contribution is -0.167. The fraction of sp³-hybridized carbons (Fsp3) is 0.722. The van der Waals surface area contributed by atoms with Crippen molar-refractivity contribution in [3.8, 4) is 0 Å². The number of unbranched alkanes of at least 4 members (excludes halogenated alkanes) is 23. The third-order valence-corrected chi connectivity index (χ3v) is 10.5. The molecule has 6 heteroatoms. The Morgan fingerprint density at radius 2 is 0.717 bits per heavy atom. The number of allylic oxidation sites excluding steroid dienone is 12. The highest BCUT2D eigenvalue weighted by Gasteiger charge is 2.19. The first-order valence-corrected chi connectivity index (χ1v) is 25.0. The number of hydrogen-bond acceptors (Lipinski definition) is 6. The Hall–Kier alpha value is -3.15. The van der Waals surface area contributed by atoms with Crippen molar-refractivity contribution in [2.45, 2.75) is 239 Å². The van der Waals surface area contributed by atoms with Gasteiger partial charge in [0.1, 0.15) is 13.2 Å². The topological polar surface area (TPSA) is 78.9 Å². The van der Waals surface area contributed by atoms with E-state index in [2.05, 4.69) is 93.7 Å². The fourth-order valence-electron chi connectivity index (χ4n) is 6.70. The van der Waals surface area contributed by atoms with E-state index < -0.39 is 6.10 Å². The van der Waals surface area contributed by atoms with E-state index in [-0.39, 0.29) is 31.1 Å². The lowest BCUT2D eigenvalue weighted by atomic mass is 10.1. The molecular weight excluding hydrogens is 745 g/mol. The van der Waals surface area contributed by atoms with E-state index in [0.717, 1.165) is 103 Å². The lowest BCUT2D eigenvalue weighted by Gasteiger charge is -2.18. The highest BCUT2D eigenvalue weighted by atomic mass is 16.6. The van der Waals surface area contributed by atoms with Crippen molar-refractivity contribution in [3.05, 3.63) is 72.9 Å². The molecule has 0 aliphatic rings. The highest BCUT2D eigenvalue weighted by Crippen LogP contribution is 2.14. The monoisotopic (exact) mass is 837 g/mol. The van der Waals surface area contributed by atoms with E-state index in [4.69, 9.17) is 14.2 Å². The summed E-state index contributed by atoms with van der Waals surface area (Å²) in [6, 6.07) is 0. The van der Waals surface area contributed by atoms with Crippen molar-refractivity contribution in [1.29, 1.82) is 0 Å². The molecule has 0 aromatic carbocycles. The lowest BCUT2D eigenvalue weighted by Crippen LogP contribution is -2.30. The molecule has 0 heterocycles. The summed E-state index contributed by atoms with van der Waals surface area (Å²) in [7, 11) is 0. The average molecular weight is 837 g/mol. The van der Waals surface area contributed by atoms with E-state index in [0.29, 0.717) is 19.3 Å². The molecule has 0 rings (SSSR count). The third-order valence-electron chi connectivity index (χ3n) is 10.5. The normalized spacial score (nSPS) is 12.7. The van der Waals surface area contributed by atoms with Crippen LogP contribution in [0.4, 0.5) is 0 Å². The molecule has 0 saturated heterocycles. The minimum atomic E-state index is -0.791. The maximum Gasteiger partial charge on any atom is 0.306 e. The number of esters is 3. The molecule has 0 amide bonds. The van der Waals surface area contributed by atoms with E-state index in [1.807, 2.05) is 0 Å².